The first-order valence-corrected chi connectivity index (χ1v) is 13.5. The SMILES string of the molecule is CC(C)(C)C(=O)NN1CC=C(C[Si](C)(C)C)CC1CCc1ccccc1. The van der Waals surface area contributed by atoms with Gasteiger partial charge in [0.1, 0.15) is 0 Å². The highest BCUT2D eigenvalue weighted by molar-refractivity contribution is 6.76. The highest BCUT2D eigenvalue weighted by Gasteiger charge is 2.30. The molecular formula is C22H36N2OSi. The van der Waals surface area contributed by atoms with Crippen LogP contribution in [0.2, 0.25) is 25.7 Å². The number of carbonyl (C=O) groups is 1. The fourth-order valence-corrected chi connectivity index (χ4v) is 5.02. The van der Waals surface area contributed by atoms with Crippen LogP contribution < -0.4 is 5.43 Å². The van der Waals surface area contributed by atoms with Gasteiger partial charge in [0.2, 0.25) is 5.91 Å². The van der Waals surface area contributed by atoms with Gasteiger partial charge >= 0.3 is 0 Å². The molecule has 3 nitrogen and oxygen atoms in total. The van der Waals surface area contributed by atoms with Crippen molar-refractivity contribution in [2.24, 2.45) is 5.41 Å². The average molecular weight is 373 g/mol. The third kappa shape index (κ3) is 6.73. The van der Waals surface area contributed by atoms with E-state index in [9.17, 15) is 4.79 Å². The van der Waals surface area contributed by atoms with Crippen molar-refractivity contribution >= 4 is 14.0 Å². The minimum Gasteiger partial charge on any atom is -0.288 e. The minimum absolute atomic E-state index is 0.101. The fourth-order valence-electron chi connectivity index (χ4n) is 3.37. The fraction of sp³-hybridized carbons (Fsp3) is 0.591. The number of carbonyl (C=O) groups excluding carboxylic acids is 1. The van der Waals surface area contributed by atoms with Crippen LogP contribution in [-0.2, 0) is 11.2 Å². The van der Waals surface area contributed by atoms with Crippen LogP contribution >= 0.6 is 0 Å². The van der Waals surface area contributed by atoms with Gasteiger partial charge in [-0.3, -0.25) is 10.2 Å². The van der Waals surface area contributed by atoms with E-state index in [4.69, 9.17) is 0 Å². The van der Waals surface area contributed by atoms with Crippen LogP contribution in [0.4, 0.5) is 0 Å². The number of benzene rings is 1. The Bertz CT molecular complexity index is 626. The van der Waals surface area contributed by atoms with Gasteiger partial charge in [0, 0.05) is 26.1 Å². The van der Waals surface area contributed by atoms with Gasteiger partial charge in [-0.05, 0) is 30.9 Å². The molecule has 1 aromatic rings. The zero-order valence-corrected chi connectivity index (χ0v) is 18.4. The molecule has 0 fully saturated rings. The van der Waals surface area contributed by atoms with Gasteiger partial charge in [0.15, 0.2) is 0 Å². The number of nitrogens with one attached hydrogen (secondary N) is 1. The number of nitrogens with zero attached hydrogens (tertiary/aromatic N) is 1. The van der Waals surface area contributed by atoms with Crippen molar-refractivity contribution in [3.05, 3.63) is 47.5 Å². The maximum absolute atomic E-state index is 12.5. The van der Waals surface area contributed by atoms with E-state index < -0.39 is 8.07 Å². The molecule has 1 heterocycles. The Morgan fingerprint density at radius 1 is 1.19 bits per heavy atom. The molecule has 0 saturated carbocycles. The molecule has 1 atom stereocenters. The van der Waals surface area contributed by atoms with Gasteiger partial charge in [0.05, 0.1) is 0 Å². The topological polar surface area (TPSA) is 32.3 Å². The molecule has 1 aliphatic heterocycles. The first kappa shape index (κ1) is 20.9. The maximum atomic E-state index is 12.5. The molecule has 1 aromatic carbocycles. The normalized spacial score (nSPS) is 19.2. The van der Waals surface area contributed by atoms with Crippen LogP contribution in [-0.4, -0.2) is 31.6 Å². The number of hydrazine groups is 1. The van der Waals surface area contributed by atoms with Gasteiger partial charge in [-0.25, -0.2) is 5.01 Å². The molecular weight excluding hydrogens is 336 g/mol. The zero-order chi connectivity index (χ0) is 19.4. The van der Waals surface area contributed by atoms with E-state index in [-0.39, 0.29) is 11.3 Å². The lowest BCUT2D eigenvalue weighted by Crippen LogP contribution is -2.53. The zero-order valence-electron chi connectivity index (χ0n) is 17.4. The van der Waals surface area contributed by atoms with E-state index in [2.05, 4.69) is 66.5 Å². The molecule has 1 amide bonds. The predicted molar refractivity (Wildman–Crippen MR) is 114 cm³/mol. The summed E-state index contributed by atoms with van der Waals surface area (Å²) >= 11 is 0. The molecule has 0 saturated heterocycles. The Labute approximate surface area is 160 Å². The largest absolute Gasteiger partial charge is 0.288 e. The standard InChI is InChI=1S/C22H36N2OSi/c1-22(2,3)21(25)23-24-15-14-19(17-26(4,5)6)16-20(24)13-12-18-10-8-7-9-11-18/h7-11,14,20H,12-13,15-17H2,1-6H3,(H,23,25). The van der Waals surface area contributed by atoms with E-state index in [0.29, 0.717) is 6.04 Å². The average Bonchev–Trinajstić information content (AvgIpc) is 2.53. The van der Waals surface area contributed by atoms with Crippen molar-refractivity contribution in [1.29, 1.82) is 0 Å². The molecule has 0 aliphatic carbocycles. The smallest absolute Gasteiger partial charge is 0.239 e. The van der Waals surface area contributed by atoms with Crippen molar-refractivity contribution in [3.63, 3.8) is 0 Å². The van der Waals surface area contributed by atoms with Gasteiger partial charge in [-0.2, -0.15) is 0 Å². The van der Waals surface area contributed by atoms with E-state index >= 15 is 0 Å². The van der Waals surface area contributed by atoms with E-state index in [1.54, 1.807) is 5.57 Å². The first-order valence-electron chi connectivity index (χ1n) is 9.84. The first-order chi connectivity index (χ1) is 12.0. The molecule has 4 heteroatoms. The van der Waals surface area contributed by atoms with Crippen LogP contribution in [0.1, 0.15) is 39.2 Å². The molecule has 144 valence electrons. The summed E-state index contributed by atoms with van der Waals surface area (Å²) in [5.74, 6) is 0.101. The number of rotatable bonds is 6. The summed E-state index contributed by atoms with van der Waals surface area (Å²) in [6.45, 7) is 14.0. The lowest BCUT2D eigenvalue weighted by Gasteiger charge is -2.38. The Morgan fingerprint density at radius 3 is 2.42 bits per heavy atom. The lowest BCUT2D eigenvalue weighted by atomic mass is 9.94. The summed E-state index contributed by atoms with van der Waals surface area (Å²) in [6, 6.07) is 12.3. The molecule has 0 radical (unpaired) electrons. The summed E-state index contributed by atoms with van der Waals surface area (Å²) < 4.78 is 0. The molecule has 1 N–H and O–H groups in total. The monoisotopic (exact) mass is 372 g/mol. The molecule has 1 unspecified atom stereocenters. The third-order valence-corrected chi connectivity index (χ3v) is 6.32. The molecule has 26 heavy (non-hydrogen) atoms. The van der Waals surface area contributed by atoms with Gasteiger partial charge in [-0.1, -0.05) is 82.4 Å². The van der Waals surface area contributed by atoms with E-state index in [1.807, 2.05) is 20.8 Å². The van der Waals surface area contributed by atoms with Crippen LogP contribution in [0.3, 0.4) is 0 Å². The van der Waals surface area contributed by atoms with Crippen molar-refractivity contribution in [2.45, 2.75) is 71.8 Å². The minimum atomic E-state index is -1.12. The second kappa shape index (κ2) is 8.53. The quantitative estimate of drug-likeness (QED) is 0.561. The maximum Gasteiger partial charge on any atom is 0.239 e. The lowest BCUT2D eigenvalue weighted by molar-refractivity contribution is -0.134. The predicted octanol–water partition coefficient (Wildman–Crippen LogP) is 5.04. The van der Waals surface area contributed by atoms with Crippen LogP contribution in [0.25, 0.3) is 0 Å². The highest BCUT2D eigenvalue weighted by Crippen LogP contribution is 2.28. The Morgan fingerprint density at radius 2 is 1.85 bits per heavy atom. The summed E-state index contributed by atoms with van der Waals surface area (Å²) in [5.41, 5.74) is 5.78. The summed E-state index contributed by atoms with van der Waals surface area (Å²) in [5, 5.41) is 2.17. The summed E-state index contributed by atoms with van der Waals surface area (Å²) in [6.07, 6.45) is 5.53. The second-order valence-electron chi connectivity index (χ2n) is 9.83. The molecule has 2 rings (SSSR count). The van der Waals surface area contributed by atoms with Gasteiger partial charge in [-0.15, -0.1) is 0 Å². The molecule has 0 bridgehead atoms. The van der Waals surface area contributed by atoms with Crippen molar-refractivity contribution in [3.8, 4) is 0 Å². The van der Waals surface area contributed by atoms with Gasteiger partial charge < -0.3 is 0 Å². The summed E-state index contributed by atoms with van der Waals surface area (Å²) in [7, 11) is -1.12. The number of aryl methyl sites for hydroxylation is 1. The highest BCUT2D eigenvalue weighted by atomic mass is 28.3. The van der Waals surface area contributed by atoms with Crippen LogP contribution in [0.5, 0.6) is 0 Å². The Kier molecular flexibility index (Phi) is 6.86. The number of hydrogen-bond donors (Lipinski definition) is 1. The third-order valence-electron chi connectivity index (χ3n) is 4.81. The van der Waals surface area contributed by atoms with Crippen LogP contribution in [0.15, 0.2) is 42.0 Å². The summed E-state index contributed by atoms with van der Waals surface area (Å²) in [4.78, 5) is 12.5. The number of hydrogen-bond acceptors (Lipinski definition) is 2. The Hall–Kier alpha value is -1.39. The van der Waals surface area contributed by atoms with Crippen LogP contribution in [0, 0.1) is 5.41 Å². The van der Waals surface area contributed by atoms with E-state index in [0.717, 1.165) is 25.8 Å². The van der Waals surface area contributed by atoms with Crippen molar-refractivity contribution in [1.82, 2.24) is 10.4 Å². The molecule has 0 aromatic heterocycles. The Balaban J connectivity index is 2.08. The van der Waals surface area contributed by atoms with Gasteiger partial charge in [0.25, 0.3) is 0 Å². The molecule has 0 spiro atoms. The van der Waals surface area contributed by atoms with E-state index in [1.165, 1.54) is 11.6 Å². The molecule has 1 aliphatic rings. The number of amides is 1. The second-order valence-corrected chi connectivity index (χ2v) is 15.3. The van der Waals surface area contributed by atoms with Crippen molar-refractivity contribution in [2.75, 3.05) is 6.54 Å². The van der Waals surface area contributed by atoms with Crippen molar-refractivity contribution < 1.29 is 4.79 Å².